The van der Waals surface area contributed by atoms with Crippen molar-refractivity contribution in [1.29, 1.82) is 0 Å². The van der Waals surface area contributed by atoms with E-state index < -0.39 is 11.5 Å². The van der Waals surface area contributed by atoms with Gasteiger partial charge in [-0.2, -0.15) is 0 Å². The zero-order valence-electron chi connectivity index (χ0n) is 12.0. The Bertz CT molecular complexity index is 549. The largest absolute Gasteiger partial charge is 0.378 e. The zero-order chi connectivity index (χ0) is 15.5. The summed E-state index contributed by atoms with van der Waals surface area (Å²) >= 11 is 1.59. The highest BCUT2D eigenvalue weighted by molar-refractivity contribution is 7.98. The van der Waals surface area contributed by atoms with E-state index in [1.807, 2.05) is 30.5 Å². The SMILES string of the molecule is CSc1ccccc1CC(=O)N1CCC[C@](O)(C(N)=O)C1. The van der Waals surface area contributed by atoms with Gasteiger partial charge in [0.15, 0.2) is 5.60 Å². The molecule has 0 spiro atoms. The molecule has 1 aromatic carbocycles. The molecule has 21 heavy (non-hydrogen) atoms. The predicted molar refractivity (Wildman–Crippen MR) is 81.9 cm³/mol. The number of primary amides is 1. The van der Waals surface area contributed by atoms with E-state index in [0.717, 1.165) is 10.5 Å². The number of hydrogen-bond acceptors (Lipinski definition) is 4. The average Bonchev–Trinajstić information content (AvgIpc) is 2.47. The Morgan fingerprint density at radius 2 is 2.14 bits per heavy atom. The molecule has 0 aromatic heterocycles. The monoisotopic (exact) mass is 308 g/mol. The van der Waals surface area contributed by atoms with Gasteiger partial charge in [0.2, 0.25) is 5.91 Å². The summed E-state index contributed by atoms with van der Waals surface area (Å²) in [5.41, 5.74) is 4.60. The van der Waals surface area contributed by atoms with E-state index in [-0.39, 0.29) is 18.9 Å². The minimum absolute atomic E-state index is 0.0113. The highest BCUT2D eigenvalue weighted by atomic mass is 32.2. The maximum Gasteiger partial charge on any atom is 0.251 e. The number of piperidine rings is 1. The third kappa shape index (κ3) is 3.57. The summed E-state index contributed by atoms with van der Waals surface area (Å²) in [7, 11) is 0. The van der Waals surface area contributed by atoms with Crippen LogP contribution in [-0.2, 0) is 16.0 Å². The maximum atomic E-state index is 12.4. The van der Waals surface area contributed by atoms with Crippen LogP contribution < -0.4 is 5.73 Å². The molecule has 0 saturated carbocycles. The number of nitrogens with zero attached hydrogens (tertiary/aromatic N) is 1. The molecule has 1 heterocycles. The number of thioether (sulfide) groups is 1. The first-order valence-corrected chi connectivity index (χ1v) is 8.11. The van der Waals surface area contributed by atoms with E-state index in [0.29, 0.717) is 19.4 Å². The first-order chi connectivity index (χ1) is 9.96. The number of likely N-dealkylation sites (tertiary alicyclic amines) is 1. The van der Waals surface area contributed by atoms with Crippen molar-refractivity contribution in [3.63, 3.8) is 0 Å². The molecular formula is C15H20N2O3S. The Morgan fingerprint density at radius 3 is 2.81 bits per heavy atom. The van der Waals surface area contributed by atoms with Gasteiger partial charge in [0, 0.05) is 11.4 Å². The minimum Gasteiger partial charge on any atom is -0.378 e. The van der Waals surface area contributed by atoms with Crippen molar-refractivity contribution in [2.24, 2.45) is 5.73 Å². The molecular weight excluding hydrogens is 288 g/mol. The number of aliphatic hydroxyl groups is 1. The van der Waals surface area contributed by atoms with Crippen molar-refractivity contribution in [1.82, 2.24) is 4.90 Å². The summed E-state index contributed by atoms with van der Waals surface area (Å²) in [6.07, 6.45) is 3.13. The molecule has 2 amide bonds. The van der Waals surface area contributed by atoms with Crippen molar-refractivity contribution >= 4 is 23.6 Å². The van der Waals surface area contributed by atoms with E-state index >= 15 is 0 Å². The second-order valence-electron chi connectivity index (χ2n) is 5.30. The van der Waals surface area contributed by atoms with Crippen LogP contribution >= 0.6 is 11.8 Å². The van der Waals surface area contributed by atoms with Crippen LogP contribution in [0.3, 0.4) is 0 Å². The van der Waals surface area contributed by atoms with Gasteiger partial charge in [-0.25, -0.2) is 0 Å². The van der Waals surface area contributed by atoms with E-state index in [1.165, 1.54) is 4.90 Å². The molecule has 1 aromatic rings. The summed E-state index contributed by atoms with van der Waals surface area (Å²) < 4.78 is 0. The van der Waals surface area contributed by atoms with Crippen LogP contribution in [0.2, 0.25) is 0 Å². The van der Waals surface area contributed by atoms with E-state index in [2.05, 4.69) is 0 Å². The number of β-amino-alcohol motifs (C(OH)–C–C–N with tert-alkyl or cyclic N) is 1. The molecule has 1 atom stereocenters. The molecule has 114 valence electrons. The molecule has 1 aliphatic rings. The smallest absolute Gasteiger partial charge is 0.251 e. The molecule has 0 unspecified atom stereocenters. The van der Waals surface area contributed by atoms with Gasteiger partial charge < -0.3 is 15.7 Å². The van der Waals surface area contributed by atoms with Gasteiger partial charge >= 0.3 is 0 Å². The summed E-state index contributed by atoms with van der Waals surface area (Å²) in [6.45, 7) is 0.540. The Balaban J connectivity index is 2.08. The number of amides is 2. The van der Waals surface area contributed by atoms with Crippen molar-refractivity contribution < 1.29 is 14.7 Å². The number of carbonyl (C=O) groups is 2. The van der Waals surface area contributed by atoms with Gasteiger partial charge in [0.05, 0.1) is 13.0 Å². The van der Waals surface area contributed by atoms with E-state index in [4.69, 9.17) is 5.73 Å². The van der Waals surface area contributed by atoms with Gasteiger partial charge in [-0.1, -0.05) is 18.2 Å². The summed E-state index contributed by atoms with van der Waals surface area (Å²) in [6, 6.07) is 7.74. The van der Waals surface area contributed by atoms with Crippen molar-refractivity contribution in [3.8, 4) is 0 Å². The van der Waals surface area contributed by atoms with Crippen LogP contribution in [0.4, 0.5) is 0 Å². The van der Waals surface area contributed by atoms with Crippen LogP contribution in [-0.4, -0.2) is 46.8 Å². The Hall–Kier alpha value is -1.53. The van der Waals surface area contributed by atoms with Gasteiger partial charge in [-0.3, -0.25) is 9.59 Å². The molecule has 0 aliphatic carbocycles. The van der Waals surface area contributed by atoms with Gasteiger partial charge in [0.25, 0.3) is 5.91 Å². The van der Waals surface area contributed by atoms with E-state index in [9.17, 15) is 14.7 Å². The third-order valence-electron chi connectivity index (χ3n) is 3.82. The van der Waals surface area contributed by atoms with Crippen molar-refractivity contribution in [2.45, 2.75) is 29.8 Å². The van der Waals surface area contributed by atoms with Gasteiger partial charge in [0.1, 0.15) is 0 Å². The second-order valence-corrected chi connectivity index (χ2v) is 6.15. The average molecular weight is 308 g/mol. The Kier molecular flexibility index (Phi) is 4.90. The number of benzene rings is 1. The first-order valence-electron chi connectivity index (χ1n) is 6.88. The standard InChI is InChI=1S/C15H20N2O3S/c1-21-12-6-3-2-5-11(12)9-13(18)17-8-4-7-15(20,10-17)14(16)19/h2-3,5-6,20H,4,7-10H2,1H3,(H2,16,19)/t15-/m1/s1. The van der Waals surface area contributed by atoms with Crippen LogP contribution in [0.25, 0.3) is 0 Å². The summed E-state index contributed by atoms with van der Waals surface area (Å²) in [4.78, 5) is 26.3. The van der Waals surface area contributed by atoms with Crippen molar-refractivity contribution in [3.05, 3.63) is 29.8 Å². The van der Waals surface area contributed by atoms with Crippen LogP contribution in [0.5, 0.6) is 0 Å². The normalized spacial score (nSPS) is 22.1. The third-order valence-corrected chi connectivity index (χ3v) is 4.65. The molecule has 2 rings (SSSR count). The van der Waals surface area contributed by atoms with Gasteiger partial charge in [-0.15, -0.1) is 11.8 Å². The van der Waals surface area contributed by atoms with E-state index in [1.54, 1.807) is 11.8 Å². The highest BCUT2D eigenvalue weighted by Gasteiger charge is 2.40. The molecule has 6 heteroatoms. The quantitative estimate of drug-likeness (QED) is 0.806. The Labute approximate surface area is 128 Å². The topological polar surface area (TPSA) is 83.6 Å². The summed E-state index contributed by atoms with van der Waals surface area (Å²) in [5, 5.41) is 10.2. The number of hydrogen-bond donors (Lipinski definition) is 2. The molecule has 1 aliphatic heterocycles. The fourth-order valence-corrected chi connectivity index (χ4v) is 3.19. The fraction of sp³-hybridized carbons (Fsp3) is 0.467. The first kappa shape index (κ1) is 15.9. The van der Waals surface area contributed by atoms with Crippen LogP contribution in [0.15, 0.2) is 29.2 Å². The number of rotatable bonds is 4. The minimum atomic E-state index is -1.59. The second kappa shape index (κ2) is 6.49. The lowest BCUT2D eigenvalue weighted by Crippen LogP contribution is -2.57. The lowest BCUT2D eigenvalue weighted by Gasteiger charge is -2.37. The number of carbonyl (C=O) groups excluding carboxylic acids is 2. The molecule has 0 bridgehead atoms. The van der Waals surface area contributed by atoms with Gasteiger partial charge in [-0.05, 0) is 30.7 Å². The molecule has 3 N–H and O–H groups in total. The molecule has 1 fully saturated rings. The van der Waals surface area contributed by atoms with Crippen molar-refractivity contribution in [2.75, 3.05) is 19.3 Å². The lowest BCUT2D eigenvalue weighted by molar-refractivity contribution is -0.148. The Morgan fingerprint density at radius 1 is 1.43 bits per heavy atom. The van der Waals surface area contributed by atoms with Crippen LogP contribution in [0, 0.1) is 0 Å². The maximum absolute atomic E-state index is 12.4. The zero-order valence-corrected chi connectivity index (χ0v) is 12.9. The molecule has 0 radical (unpaired) electrons. The lowest BCUT2D eigenvalue weighted by atomic mass is 9.92. The summed E-state index contributed by atoms with van der Waals surface area (Å²) in [5.74, 6) is -0.847. The fourth-order valence-electron chi connectivity index (χ4n) is 2.57. The highest BCUT2D eigenvalue weighted by Crippen LogP contribution is 2.24. The number of nitrogens with two attached hydrogens (primary N) is 1. The van der Waals surface area contributed by atoms with Crippen LogP contribution in [0.1, 0.15) is 18.4 Å². The molecule has 1 saturated heterocycles. The predicted octanol–water partition coefficient (Wildman–Crippen LogP) is 0.790. The molecule has 5 nitrogen and oxygen atoms in total.